The Hall–Kier alpha value is -4.31. The molecule has 4 heterocycles. The van der Waals surface area contributed by atoms with Crippen LogP contribution in [0.15, 0.2) is 58.2 Å². The van der Waals surface area contributed by atoms with Crippen LogP contribution >= 0.6 is 0 Å². The third kappa shape index (κ3) is 6.95. The third-order valence-corrected chi connectivity index (χ3v) is 10.1. The molecule has 0 unspecified atom stereocenters. The maximum absolute atomic E-state index is 13.4. The van der Waals surface area contributed by atoms with Crippen molar-refractivity contribution in [2.45, 2.75) is 84.2 Å². The lowest BCUT2D eigenvalue weighted by atomic mass is 9.96. The number of nitrogens with one attached hydrogen (secondary N) is 1. The number of fused-ring (bicyclic) bond motifs is 1. The largest absolute Gasteiger partial charge is 0.385 e. The van der Waals surface area contributed by atoms with Crippen molar-refractivity contribution in [3.63, 3.8) is 0 Å². The fourth-order valence-electron chi connectivity index (χ4n) is 7.33. The third-order valence-electron chi connectivity index (χ3n) is 10.1. The molecule has 2 fully saturated rings. The van der Waals surface area contributed by atoms with E-state index in [4.69, 9.17) is 14.3 Å². The number of likely N-dealkylation sites (tertiary alicyclic amines) is 2. The Morgan fingerprint density at radius 3 is 2.40 bits per heavy atom. The summed E-state index contributed by atoms with van der Waals surface area (Å²) in [5.74, 6) is 0.166. The highest BCUT2D eigenvalue weighted by Gasteiger charge is 2.37. The van der Waals surface area contributed by atoms with Gasteiger partial charge in [0.2, 0.25) is 17.7 Å². The van der Waals surface area contributed by atoms with Crippen molar-refractivity contribution in [1.82, 2.24) is 15.0 Å². The topological polar surface area (TPSA) is 117 Å². The number of carbonyl (C=O) groups excluding carboxylic acids is 3. The van der Waals surface area contributed by atoms with E-state index in [-0.39, 0.29) is 35.6 Å². The normalized spacial score (nSPS) is 20.6. The maximum atomic E-state index is 13.4. The molecule has 10 heteroatoms. The molecule has 0 aliphatic carbocycles. The highest BCUT2D eigenvalue weighted by Crippen LogP contribution is 2.34. The first-order valence-corrected chi connectivity index (χ1v) is 17.5. The molecule has 254 valence electrons. The summed E-state index contributed by atoms with van der Waals surface area (Å²) in [6.07, 6.45) is 8.64. The van der Waals surface area contributed by atoms with Crippen molar-refractivity contribution in [3.05, 3.63) is 54.2 Å². The SMILES string of the molecule is CCC[C@H](C)C(=O)N1CCC[C@H]1C1=NC=C(c2ccc(-c3ccc4onc(NC(=O)[C@@H]5CCCN5C(=O)[C@@H](C)CCOC)c4c3)cc2)C1. The summed E-state index contributed by atoms with van der Waals surface area (Å²) in [7, 11) is 1.62. The molecule has 2 saturated heterocycles. The lowest BCUT2D eigenvalue weighted by Gasteiger charge is -2.28. The van der Waals surface area contributed by atoms with Gasteiger partial charge in [-0.15, -0.1) is 0 Å². The molecule has 3 aliphatic heterocycles. The maximum Gasteiger partial charge on any atom is 0.248 e. The second kappa shape index (κ2) is 14.8. The van der Waals surface area contributed by atoms with Crippen molar-refractivity contribution in [2.24, 2.45) is 16.8 Å². The quantitative estimate of drug-likeness (QED) is 0.232. The molecular formula is C38H47N5O5. The molecule has 6 rings (SSSR count). The van der Waals surface area contributed by atoms with E-state index in [0.717, 1.165) is 73.0 Å². The number of rotatable bonds is 12. The number of hydrogen-bond donors (Lipinski definition) is 1. The second-order valence-electron chi connectivity index (χ2n) is 13.5. The first kappa shape index (κ1) is 33.6. The van der Waals surface area contributed by atoms with Gasteiger partial charge >= 0.3 is 0 Å². The fourth-order valence-corrected chi connectivity index (χ4v) is 7.33. The molecule has 0 spiro atoms. The summed E-state index contributed by atoms with van der Waals surface area (Å²) < 4.78 is 10.7. The minimum atomic E-state index is -0.541. The van der Waals surface area contributed by atoms with Crippen molar-refractivity contribution < 1.29 is 23.6 Å². The summed E-state index contributed by atoms with van der Waals surface area (Å²) in [5, 5.41) is 7.80. The van der Waals surface area contributed by atoms with Gasteiger partial charge in [-0.1, -0.05) is 62.7 Å². The average molecular weight is 654 g/mol. The van der Waals surface area contributed by atoms with E-state index in [0.29, 0.717) is 42.8 Å². The fraction of sp³-hybridized carbons (Fsp3) is 0.500. The van der Waals surface area contributed by atoms with Gasteiger partial charge in [0.25, 0.3) is 0 Å². The highest BCUT2D eigenvalue weighted by atomic mass is 16.5. The van der Waals surface area contributed by atoms with Crippen LogP contribution in [0, 0.1) is 11.8 Å². The zero-order chi connectivity index (χ0) is 33.8. The zero-order valence-corrected chi connectivity index (χ0v) is 28.5. The number of aromatic nitrogens is 1. The summed E-state index contributed by atoms with van der Waals surface area (Å²) in [6.45, 7) is 7.93. The Labute approximate surface area is 282 Å². The molecule has 0 radical (unpaired) electrons. The number of benzene rings is 2. The zero-order valence-electron chi connectivity index (χ0n) is 28.5. The second-order valence-corrected chi connectivity index (χ2v) is 13.5. The smallest absolute Gasteiger partial charge is 0.248 e. The van der Waals surface area contributed by atoms with Gasteiger partial charge in [-0.2, -0.15) is 0 Å². The van der Waals surface area contributed by atoms with E-state index in [1.165, 1.54) is 0 Å². The van der Waals surface area contributed by atoms with Crippen molar-refractivity contribution >= 4 is 45.8 Å². The van der Waals surface area contributed by atoms with Gasteiger partial charge in [-0.05, 0) is 72.9 Å². The van der Waals surface area contributed by atoms with Crippen molar-refractivity contribution in [3.8, 4) is 11.1 Å². The molecule has 48 heavy (non-hydrogen) atoms. The number of amides is 3. The van der Waals surface area contributed by atoms with Crippen LogP contribution < -0.4 is 5.32 Å². The number of ether oxygens (including phenoxy) is 1. The molecule has 3 aliphatic rings. The van der Waals surface area contributed by atoms with Crippen LogP contribution in [0.4, 0.5) is 5.82 Å². The van der Waals surface area contributed by atoms with Gasteiger partial charge in [-0.3, -0.25) is 19.4 Å². The first-order chi connectivity index (χ1) is 23.3. The molecule has 4 atom stereocenters. The Morgan fingerprint density at radius 1 is 0.938 bits per heavy atom. The van der Waals surface area contributed by atoms with Gasteiger partial charge in [0.15, 0.2) is 11.4 Å². The minimum absolute atomic E-state index is 0.0238. The number of hydrogen-bond acceptors (Lipinski definition) is 7. The Bertz CT molecular complexity index is 1710. The lowest BCUT2D eigenvalue weighted by Crippen LogP contribution is -2.45. The molecule has 1 N–H and O–H groups in total. The van der Waals surface area contributed by atoms with E-state index >= 15 is 0 Å². The molecule has 0 saturated carbocycles. The van der Waals surface area contributed by atoms with Gasteiger partial charge < -0.3 is 24.4 Å². The number of methoxy groups -OCH3 is 1. The van der Waals surface area contributed by atoms with Crippen LogP contribution in [0.25, 0.3) is 27.7 Å². The average Bonchev–Trinajstić information content (AvgIpc) is 3.93. The molecular weight excluding hydrogens is 606 g/mol. The van der Waals surface area contributed by atoms with Crippen LogP contribution in [0.2, 0.25) is 0 Å². The van der Waals surface area contributed by atoms with Crippen LogP contribution in [0.5, 0.6) is 0 Å². The molecule has 10 nitrogen and oxygen atoms in total. The Balaban J connectivity index is 1.11. The van der Waals surface area contributed by atoms with Crippen LogP contribution in [-0.4, -0.2) is 77.3 Å². The summed E-state index contributed by atoms with van der Waals surface area (Å²) >= 11 is 0. The number of anilines is 1. The van der Waals surface area contributed by atoms with Crippen LogP contribution in [0.3, 0.4) is 0 Å². The lowest BCUT2D eigenvalue weighted by molar-refractivity contribution is -0.140. The van der Waals surface area contributed by atoms with Crippen molar-refractivity contribution in [1.29, 1.82) is 0 Å². The number of allylic oxidation sites excluding steroid dienone is 1. The molecule has 0 bridgehead atoms. The standard InChI is InChI=1S/C38H47N5O5/c1-5-8-24(2)37(45)42-18-6-9-32(42)31-22-29(23-39-31)27-13-11-26(12-14-27)28-15-16-34-30(21-28)35(41-48-34)40-36(44)33-10-7-19-43(33)38(46)25(3)17-20-47-4/h11-16,21,23-25,32-33H,5-10,17-20,22H2,1-4H3,(H,40,41,44)/t24-,25-,32-,33-/m0/s1. The number of aliphatic imine (C=N–C) groups is 1. The summed E-state index contributed by atoms with van der Waals surface area (Å²) in [6, 6.07) is 13.8. The predicted octanol–water partition coefficient (Wildman–Crippen LogP) is 6.71. The first-order valence-electron chi connectivity index (χ1n) is 17.5. The minimum Gasteiger partial charge on any atom is -0.385 e. The van der Waals surface area contributed by atoms with E-state index in [1.807, 2.05) is 38.2 Å². The van der Waals surface area contributed by atoms with Gasteiger partial charge in [0.05, 0.1) is 11.4 Å². The Morgan fingerprint density at radius 2 is 1.62 bits per heavy atom. The van der Waals surface area contributed by atoms with Crippen LogP contribution in [-0.2, 0) is 19.1 Å². The van der Waals surface area contributed by atoms with Crippen LogP contribution in [0.1, 0.15) is 77.7 Å². The molecule has 2 aromatic carbocycles. The van der Waals surface area contributed by atoms with Crippen molar-refractivity contribution in [2.75, 3.05) is 32.1 Å². The summed E-state index contributed by atoms with van der Waals surface area (Å²) in [5.41, 5.74) is 5.91. The number of nitrogens with zero attached hydrogens (tertiary/aromatic N) is 4. The Kier molecular flexibility index (Phi) is 10.4. The number of carbonyl (C=O) groups is 3. The van der Waals surface area contributed by atoms with E-state index in [2.05, 4.69) is 46.6 Å². The van der Waals surface area contributed by atoms with Gasteiger partial charge in [0.1, 0.15) is 6.04 Å². The summed E-state index contributed by atoms with van der Waals surface area (Å²) in [4.78, 5) is 48.1. The molecule has 1 aromatic heterocycles. The van der Waals surface area contributed by atoms with E-state index in [9.17, 15) is 14.4 Å². The van der Waals surface area contributed by atoms with Gasteiger partial charge in [-0.25, -0.2) is 0 Å². The van der Waals surface area contributed by atoms with E-state index in [1.54, 1.807) is 12.0 Å². The van der Waals surface area contributed by atoms with Gasteiger partial charge in [0, 0.05) is 57.0 Å². The molecule has 3 amide bonds. The monoisotopic (exact) mass is 653 g/mol. The molecule has 3 aromatic rings. The predicted molar refractivity (Wildman–Crippen MR) is 187 cm³/mol. The van der Waals surface area contributed by atoms with E-state index < -0.39 is 6.04 Å². The highest BCUT2D eigenvalue weighted by molar-refractivity contribution is 6.04.